The number of hydrogen-bond donors (Lipinski definition) is 2. The van der Waals surface area contributed by atoms with Crippen LogP contribution >= 0.6 is 18.7 Å². The van der Waals surface area contributed by atoms with E-state index >= 15 is 0 Å². The fourth-order valence-corrected chi connectivity index (χ4v) is 5.08. The van der Waals surface area contributed by atoms with Crippen LogP contribution < -0.4 is 15.9 Å². The van der Waals surface area contributed by atoms with Crippen molar-refractivity contribution < 1.29 is 4.57 Å². The molecule has 8 heteroatoms. The molecule has 1 aliphatic carbocycles. The van der Waals surface area contributed by atoms with E-state index in [9.17, 15) is 4.57 Å². The van der Waals surface area contributed by atoms with Crippen LogP contribution in [-0.2, 0) is 4.57 Å². The Bertz CT molecular complexity index is 928. The average Bonchev–Trinajstić information content (AvgIpc) is 2.64. The van der Waals surface area contributed by atoms with Gasteiger partial charge in [0.25, 0.3) is 0 Å². The number of aromatic nitrogens is 3. The van der Waals surface area contributed by atoms with Crippen LogP contribution in [-0.4, -0.2) is 34.8 Å². The Balaban J connectivity index is 1.53. The number of nitrogens with one attached hydrogen (secondary N) is 2. The predicted molar refractivity (Wildman–Crippen MR) is 127 cm³/mol. The molecule has 0 aliphatic heterocycles. The monoisotopic (exact) mass is 447 g/mol. The van der Waals surface area contributed by atoms with Crippen molar-refractivity contribution in [2.24, 2.45) is 11.8 Å². The maximum atomic E-state index is 12.1. The molecular weight excluding hydrogens is 417 g/mol. The normalized spacial score (nSPS) is 19.5. The average molecular weight is 448 g/mol. The van der Waals surface area contributed by atoms with Crippen molar-refractivity contribution in [2.75, 3.05) is 30.5 Å². The van der Waals surface area contributed by atoms with Crippen LogP contribution in [0.25, 0.3) is 0 Å². The summed E-state index contributed by atoms with van der Waals surface area (Å²) < 4.78 is 12.1. The van der Waals surface area contributed by atoms with Crippen LogP contribution in [0, 0.1) is 11.8 Å². The maximum absolute atomic E-state index is 12.1. The van der Waals surface area contributed by atoms with Gasteiger partial charge in [0.05, 0.1) is 0 Å². The SMILES string of the molecule is C=C1CC(C)CC(CCCNc2nc(Cl)nc(Nc3ccc(P(C)(C)=O)cc3)n2)C1. The van der Waals surface area contributed by atoms with Gasteiger partial charge in [-0.15, -0.1) is 0 Å². The van der Waals surface area contributed by atoms with Crippen molar-refractivity contribution >= 4 is 41.6 Å². The summed E-state index contributed by atoms with van der Waals surface area (Å²) >= 11 is 6.08. The van der Waals surface area contributed by atoms with Gasteiger partial charge in [-0.1, -0.05) is 19.1 Å². The summed E-state index contributed by atoms with van der Waals surface area (Å²) in [5, 5.41) is 7.35. The van der Waals surface area contributed by atoms with Gasteiger partial charge in [0.1, 0.15) is 7.14 Å². The Morgan fingerprint density at radius 1 is 1.13 bits per heavy atom. The first-order valence-corrected chi connectivity index (χ1v) is 13.4. The zero-order valence-corrected chi connectivity index (χ0v) is 19.6. The van der Waals surface area contributed by atoms with Gasteiger partial charge < -0.3 is 15.2 Å². The van der Waals surface area contributed by atoms with Crippen LogP contribution in [0.4, 0.5) is 17.6 Å². The predicted octanol–water partition coefficient (Wildman–Crippen LogP) is 5.70. The van der Waals surface area contributed by atoms with Crippen molar-refractivity contribution in [3.05, 3.63) is 41.7 Å². The van der Waals surface area contributed by atoms with Gasteiger partial charge in [0.2, 0.25) is 17.2 Å². The summed E-state index contributed by atoms with van der Waals surface area (Å²) in [6.45, 7) is 10.8. The first-order valence-electron chi connectivity index (χ1n) is 10.4. The van der Waals surface area contributed by atoms with Crippen molar-refractivity contribution in [3.8, 4) is 0 Å². The van der Waals surface area contributed by atoms with Crippen molar-refractivity contribution in [1.29, 1.82) is 0 Å². The Kier molecular flexibility index (Phi) is 7.54. The Morgan fingerprint density at radius 2 is 1.83 bits per heavy atom. The molecule has 162 valence electrons. The van der Waals surface area contributed by atoms with Crippen LogP contribution in [0.15, 0.2) is 36.4 Å². The number of anilines is 3. The van der Waals surface area contributed by atoms with E-state index in [1.165, 1.54) is 24.8 Å². The Labute approximate surface area is 184 Å². The Hall–Kier alpha value is -1.91. The molecule has 1 heterocycles. The molecule has 0 spiro atoms. The fourth-order valence-electron chi connectivity index (χ4n) is 4.05. The van der Waals surface area contributed by atoms with Gasteiger partial charge in [-0.25, -0.2) is 0 Å². The van der Waals surface area contributed by atoms with Gasteiger partial charge in [-0.05, 0) is 93.1 Å². The van der Waals surface area contributed by atoms with Crippen molar-refractivity contribution in [1.82, 2.24) is 15.0 Å². The minimum atomic E-state index is -2.27. The molecule has 1 aromatic carbocycles. The maximum Gasteiger partial charge on any atom is 0.233 e. The molecule has 1 aromatic heterocycles. The standard InChI is InChI=1S/C22H31ClN5OP/c1-15-12-16(2)14-17(13-15)6-5-11-24-21-26-20(23)27-22(28-21)25-18-7-9-19(10-8-18)30(3,4)29/h7-10,16-17H,1,5-6,11-14H2,2-4H3,(H2,24,25,26,27,28). The van der Waals surface area contributed by atoms with Gasteiger partial charge in [-0.2, -0.15) is 15.0 Å². The molecule has 30 heavy (non-hydrogen) atoms. The topological polar surface area (TPSA) is 79.8 Å². The van der Waals surface area contributed by atoms with Crippen LogP contribution in [0.3, 0.4) is 0 Å². The van der Waals surface area contributed by atoms with E-state index in [0.717, 1.165) is 42.2 Å². The lowest BCUT2D eigenvalue weighted by atomic mass is 9.78. The molecule has 1 saturated carbocycles. The molecule has 0 radical (unpaired) electrons. The molecule has 0 saturated heterocycles. The molecule has 2 aromatic rings. The zero-order chi connectivity index (χ0) is 21.7. The fraction of sp³-hybridized carbons (Fsp3) is 0.500. The highest BCUT2D eigenvalue weighted by Crippen LogP contribution is 2.35. The lowest BCUT2D eigenvalue weighted by molar-refractivity contribution is 0.317. The van der Waals surface area contributed by atoms with Crippen LogP contribution in [0.5, 0.6) is 0 Å². The third kappa shape index (κ3) is 6.82. The summed E-state index contributed by atoms with van der Waals surface area (Å²) in [6, 6.07) is 7.43. The van der Waals surface area contributed by atoms with E-state index < -0.39 is 7.14 Å². The molecule has 2 N–H and O–H groups in total. The third-order valence-electron chi connectivity index (χ3n) is 5.38. The molecule has 1 fully saturated rings. The van der Waals surface area contributed by atoms with Crippen LogP contribution in [0.2, 0.25) is 5.28 Å². The number of benzene rings is 1. The van der Waals surface area contributed by atoms with Gasteiger partial charge in [0.15, 0.2) is 0 Å². The van der Waals surface area contributed by atoms with Gasteiger partial charge in [-0.3, -0.25) is 0 Å². The molecule has 1 aliphatic rings. The largest absolute Gasteiger partial charge is 0.354 e. The highest BCUT2D eigenvalue weighted by molar-refractivity contribution is 7.70. The van der Waals surface area contributed by atoms with Gasteiger partial charge in [0, 0.05) is 17.5 Å². The van der Waals surface area contributed by atoms with E-state index in [0.29, 0.717) is 11.9 Å². The lowest BCUT2D eigenvalue weighted by Crippen LogP contribution is -2.16. The second kappa shape index (κ2) is 9.93. The van der Waals surface area contributed by atoms with Gasteiger partial charge >= 0.3 is 0 Å². The summed E-state index contributed by atoms with van der Waals surface area (Å²) in [5.41, 5.74) is 2.19. The first-order chi connectivity index (χ1) is 14.2. The summed E-state index contributed by atoms with van der Waals surface area (Å²) in [6.07, 6.45) is 5.83. The highest BCUT2D eigenvalue weighted by atomic mass is 35.5. The Morgan fingerprint density at radius 3 is 2.50 bits per heavy atom. The van der Waals surface area contributed by atoms with E-state index in [2.05, 4.69) is 39.1 Å². The lowest BCUT2D eigenvalue weighted by Gasteiger charge is -2.28. The minimum Gasteiger partial charge on any atom is -0.354 e. The number of allylic oxidation sites excluding steroid dienone is 1. The highest BCUT2D eigenvalue weighted by Gasteiger charge is 2.20. The molecule has 0 bridgehead atoms. The number of halogens is 1. The third-order valence-corrected chi connectivity index (χ3v) is 7.09. The summed E-state index contributed by atoms with van der Waals surface area (Å²) in [5.74, 6) is 2.31. The first kappa shape index (κ1) is 22.8. The van der Waals surface area contributed by atoms with E-state index in [1.54, 1.807) is 13.3 Å². The number of hydrogen-bond acceptors (Lipinski definition) is 6. The summed E-state index contributed by atoms with van der Waals surface area (Å²) in [7, 11) is -2.27. The molecular formula is C22H31ClN5OP. The second-order valence-electron chi connectivity index (χ2n) is 8.71. The molecule has 2 atom stereocenters. The minimum absolute atomic E-state index is 0.135. The van der Waals surface area contributed by atoms with Crippen molar-refractivity contribution in [3.63, 3.8) is 0 Å². The molecule has 6 nitrogen and oxygen atoms in total. The molecule has 2 unspecified atom stereocenters. The summed E-state index contributed by atoms with van der Waals surface area (Å²) in [4.78, 5) is 12.7. The number of rotatable bonds is 8. The van der Waals surface area contributed by atoms with E-state index in [1.807, 2.05) is 24.3 Å². The van der Waals surface area contributed by atoms with Crippen LogP contribution in [0.1, 0.15) is 39.0 Å². The van der Waals surface area contributed by atoms with Crippen molar-refractivity contribution in [2.45, 2.75) is 39.0 Å². The second-order valence-corrected chi connectivity index (χ2v) is 12.3. The van der Waals surface area contributed by atoms with E-state index in [4.69, 9.17) is 11.6 Å². The quantitative estimate of drug-likeness (QED) is 0.307. The number of nitrogens with zero attached hydrogens (tertiary/aromatic N) is 3. The zero-order valence-electron chi connectivity index (χ0n) is 18.0. The molecule has 3 rings (SSSR count). The van der Waals surface area contributed by atoms with E-state index in [-0.39, 0.29) is 5.28 Å². The smallest absolute Gasteiger partial charge is 0.233 e. The molecule has 0 amide bonds.